The number of fused-ring (bicyclic) bond motifs is 16. The van der Waals surface area contributed by atoms with Crippen molar-refractivity contribution in [2.24, 2.45) is 0 Å². The van der Waals surface area contributed by atoms with Crippen LogP contribution in [-0.2, 0) is 10.8 Å². The lowest BCUT2D eigenvalue weighted by molar-refractivity contribution is 0.465. The Hall–Kier alpha value is -10.6. The van der Waals surface area contributed by atoms with Gasteiger partial charge in [0.25, 0.3) is 6.71 Å². The van der Waals surface area contributed by atoms with Crippen LogP contribution in [0.2, 0.25) is 0 Å². The lowest BCUT2D eigenvalue weighted by atomic mass is 9.35. The van der Waals surface area contributed by atoms with Gasteiger partial charge in [-0.2, -0.15) is 5.26 Å². The summed E-state index contributed by atoms with van der Waals surface area (Å²) in [4.78, 5) is 0. The van der Waals surface area contributed by atoms with E-state index in [-0.39, 0.29) is 17.5 Å². The summed E-state index contributed by atoms with van der Waals surface area (Å²) in [5, 5.41) is 19.6. The molecule has 4 aromatic heterocycles. The van der Waals surface area contributed by atoms with Crippen molar-refractivity contribution in [2.45, 2.75) is 59.3 Å². The third kappa shape index (κ3) is 7.69. The zero-order valence-electron chi connectivity index (χ0n) is 51.0. The van der Waals surface area contributed by atoms with Crippen LogP contribution in [-0.4, -0.2) is 20.4 Å². The van der Waals surface area contributed by atoms with Crippen molar-refractivity contribution in [3.8, 4) is 68.4 Å². The summed E-state index contributed by atoms with van der Waals surface area (Å²) in [6.45, 7) is 15.8. The van der Waals surface area contributed by atoms with Crippen molar-refractivity contribution >= 4 is 120 Å². The predicted molar refractivity (Wildman–Crippen MR) is 378 cm³/mol. The zero-order chi connectivity index (χ0) is 60.6. The molecule has 6 nitrogen and oxygen atoms in total. The molecule has 0 spiro atoms. The quantitative estimate of drug-likeness (QED) is 0.161. The lowest BCUT2D eigenvalue weighted by Crippen LogP contribution is -2.57. The number of aromatic nitrogens is 3. The summed E-state index contributed by atoms with van der Waals surface area (Å²) in [7, 11) is 0. The van der Waals surface area contributed by atoms with E-state index in [0.29, 0.717) is 5.56 Å². The molecule has 12 aromatic carbocycles. The summed E-state index contributed by atoms with van der Waals surface area (Å²) in [6.07, 6.45) is 0. The molecule has 428 valence electrons. The van der Waals surface area contributed by atoms with Gasteiger partial charge in [0.1, 0.15) is 23.0 Å². The number of para-hydroxylation sites is 3. The van der Waals surface area contributed by atoms with Gasteiger partial charge in [-0.05, 0) is 165 Å². The standard InChI is InChI=1S/C82H59BN4O2S/c1-47-37-62(57-21-16-26-77-79(57)58-20-11-15-25-76(58)90-77)78(71(38-47)87-66-23-13-8-17-54(66)55-18-9-14-24-67(55)87)49-40-74-80-75(41-49)89-73-45-53(86-69-35-28-50(81(2,3)4)42-60(69)61-43-51(82(5,6)7)29-36-70(61)86)31-33-64(73)83(80)63-32-30-52(44-72(63)88-74)85-65-22-12-10-19-56(65)59-39-48(46-84)27-34-68(59)85/h8-45H,1-7H3. The average Bonchev–Trinajstić information content (AvgIpc) is 0.946. The molecule has 0 fully saturated rings. The number of hydrogen-bond donors (Lipinski definition) is 0. The van der Waals surface area contributed by atoms with Gasteiger partial charge in [-0.15, -0.1) is 11.3 Å². The first kappa shape index (κ1) is 52.5. The summed E-state index contributed by atoms with van der Waals surface area (Å²) in [5.41, 5.74) is 21.5. The number of aryl methyl sites for hydroxylation is 1. The van der Waals surface area contributed by atoms with Gasteiger partial charge >= 0.3 is 0 Å². The molecular weight excluding hydrogens is 1120 g/mol. The van der Waals surface area contributed by atoms with E-state index in [2.05, 4.69) is 287 Å². The first-order valence-corrected chi connectivity index (χ1v) is 31.9. The SMILES string of the molecule is Cc1cc(-c2cccc3sc4ccccc4c23)c(-c2cc3c4c(c2)Oc2cc(-n5c6ccc(C(C)(C)C)cc6c6cc(C(C)(C)C)ccc65)ccc2B4c2ccc(-n4c5ccccc5c5cc(C#N)ccc54)cc2O3)c(-n2c3ccccc3c3ccccc32)c1. The number of rotatable bonds is 5. The maximum atomic E-state index is 10.1. The smallest absolute Gasteiger partial charge is 0.260 e. The monoisotopic (exact) mass is 1170 g/mol. The predicted octanol–water partition coefficient (Wildman–Crippen LogP) is 20.2. The first-order valence-electron chi connectivity index (χ1n) is 31.1. The molecule has 0 radical (unpaired) electrons. The minimum absolute atomic E-state index is 0.0313. The summed E-state index contributed by atoms with van der Waals surface area (Å²) < 4.78 is 24.9. The van der Waals surface area contributed by atoms with Crippen LogP contribution in [0.25, 0.3) is 125 Å². The van der Waals surface area contributed by atoms with Crippen molar-refractivity contribution in [1.29, 1.82) is 5.26 Å². The minimum Gasteiger partial charge on any atom is -0.458 e. The number of thiophene rings is 1. The van der Waals surface area contributed by atoms with E-state index in [9.17, 15) is 5.26 Å². The van der Waals surface area contributed by atoms with E-state index in [4.69, 9.17) is 9.47 Å². The van der Waals surface area contributed by atoms with E-state index < -0.39 is 0 Å². The van der Waals surface area contributed by atoms with E-state index in [1.165, 1.54) is 58.4 Å². The second kappa shape index (κ2) is 19.0. The lowest BCUT2D eigenvalue weighted by Gasteiger charge is -2.34. The summed E-state index contributed by atoms with van der Waals surface area (Å²) in [5.74, 6) is 3.08. The Balaban J connectivity index is 0.912. The van der Waals surface area contributed by atoms with Crippen molar-refractivity contribution in [2.75, 3.05) is 0 Å². The Morgan fingerprint density at radius 2 is 0.900 bits per heavy atom. The Morgan fingerprint density at radius 1 is 0.411 bits per heavy atom. The van der Waals surface area contributed by atoms with Crippen LogP contribution in [0, 0.1) is 18.3 Å². The molecule has 0 saturated carbocycles. The molecule has 0 N–H and O–H groups in total. The molecule has 0 atom stereocenters. The van der Waals surface area contributed by atoms with Gasteiger partial charge in [-0.1, -0.05) is 157 Å². The van der Waals surface area contributed by atoms with Crippen molar-refractivity contribution in [3.63, 3.8) is 0 Å². The second-order valence-corrected chi connectivity index (χ2v) is 27.9. The number of nitrogens with zero attached hydrogens (tertiary/aromatic N) is 4. The van der Waals surface area contributed by atoms with Crippen molar-refractivity contribution in [3.05, 3.63) is 253 Å². The highest BCUT2D eigenvalue weighted by Gasteiger charge is 2.42. The molecule has 8 heteroatoms. The topological polar surface area (TPSA) is 57.0 Å². The number of nitriles is 1. The Kier molecular flexibility index (Phi) is 11.1. The molecule has 0 unspecified atom stereocenters. The third-order valence-corrected chi connectivity index (χ3v) is 20.5. The van der Waals surface area contributed by atoms with Crippen LogP contribution in [0.5, 0.6) is 23.0 Å². The van der Waals surface area contributed by atoms with Gasteiger partial charge in [0.05, 0.1) is 50.4 Å². The molecule has 18 rings (SSSR count). The van der Waals surface area contributed by atoms with E-state index >= 15 is 0 Å². The zero-order valence-corrected chi connectivity index (χ0v) is 51.8. The van der Waals surface area contributed by atoms with E-state index in [1.54, 1.807) is 0 Å². The average molecular weight is 1180 g/mol. The Labute approximate surface area is 525 Å². The fourth-order valence-corrected chi connectivity index (χ4v) is 16.2. The molecular formula is C82H59BN4O2S. The highest BCUT2D eigenvalue weighted by Crippen LogP contribution is 2.50. The second-order valence-electron chi connectivity index (χ2n) is 26.8. The maximum absolute atomic E-state index is 10.1. The normalized spacial score (nSPS) is 13.0. The maximum Gasteiger partial charge on any atom is 0.260 e. The van der Waals surface area contributed by atoms with Crippen LogP contribution in [0.1, 0.15) is 63.8 Å². The molecule has 0 bridgehead atoms. The largest absolute Gasteiger partial charge is 0.458 e. The van der Waals surface area contributed by atoms with Gasteiger partial charge in [-0.3, -0.25) is 0 Å². The summed E-state index contributed by atoms with van der Waals surface area (Å²) in [6, 6.07) is 87.1. The first-order chi connectivity index (χ1) is 43.7. The highest BCUT2D eigenvalue weighted by atomic mass is 32.1. The van der Waals surface area contributed by atoms with Gasteiger partial charge in [-0.25, -0.2) is 0 Å². The van der Waals surface area contributed by atoms with Gasteiger partial charge < -0.3 is 23.2 Å². The molecule has 0 saturated heterocycles. The Morgan fingerprint density at radius 3 is 1.47 bits per heavy atom. The minimum atomic E-state index is -0.238. The van der Waals surface area contributed by atoms with Crippen molar-refractivity contribution < 1.29 is 9.47 Å². The number of benzene rings is 12. The van der Waals surface area contributed by atoms with E-state index in [1.807, 2.05) is 23.5 Å². The van der Waals surface area contributed by atoms with Crippen LogP contribution >= 0.6 is 11.3 Å². The highest BCUT2D eigenvalue weighted by molar-refractivity contribution is 7.26. The van der Waals surface area contributed by atoms with Gasteiger partial charge in [0, 0.05) is 87.0 Å². The Bertz CT molecular complexity index is 5750. The third-order valence-electron chi connectivity index (χ3n) is 19.3. The number of hydrogen-bond acceptors (Lipinski definition) is 4. The number of ether oxygens (including phenoxy) is 2. The van der Waals surface area contributed by atoms with Crippen LogP contribution in [0.3, 0.4) is 0 Å². The van der Waals surface area contributed by atoms with Crippen LogP contribution in [0.4, 0.5) is 0 Å². The molecule has 90 heavy (non-hydrogen) atoms. The van der Waals surface area contributed by atoms with Gasteiger partial charge in [0.15, 0.2) is 0 Å². The van der Waals surface area contributed by atoms with Crippen LogP contribution < -0.4 is 25.9 Å². The molecule has 0 aliphatic carbocycles. The van der Waals surface area contributed by atoms with E-state index in [0.717, 1.165) is 123 Å². The molecule has 16 aromatic rings. The fraction of sp³-hybridized carbons (Fsp3) is 0.110. The summed E-state index contributed by atoms with van der Waals surface area (Å²) >= 11 is 1.85. The fourth-order valence-electron chi connectivity index (χ4n) is 15.1. The molecule has 2 aliphatic heterocycles. The molecule has 0 amide bonds. The van der Waals surface area contributed by atoms with Gasteiger partial charge in [0.2, 0.25) is 0 Å². The van der Waals surface area contributed by atoms with Crippen molar-refractivity contribution in [1.82, 2.24) is 13.7 Å². The van der Waals surface area contributed by atoms with Crippen LogP contribution in [0.15, 0.2) is 231 Å². The molecule has 6 heterocycles. The molecule has 2 aliphatic rings.